The van der Waals surface area contributed by atoms with E-state index < -0.39 is 6.09 Å². The monoisotopic (exact) mass is 366 g/mol. The summed E-state index contributed by atoms with van der Waals surface area (Å²) in [5, 5.41) is 5.87. The van der Waals surface area contributed by atoms with Crippen LogP contribution in [0.2, 0.25) is 0 Å². The Morgan fingerprint density at radius 3 is 2.33 bits per heavy atom. The number of carbonyl (C=O) groups is 2. The molecule has 1 saturated heterocycles. The summed E-state index contributed by atoms with van der Waals surface area (Å²) >= 11 is 0. The van der Waals surface area contributed by atoms with E-state index in [9.17, 15) is 9.59 Å². The van der Waals surface area contributed by atoms with E-state index in [0.29, 0.717) is 13.0 Å². The van der Waals surface area contributed by atoms with Crippen LogP contribution in [0.3, 0.4) is 0 Å². The Bertz CT molecular complexity index is 821. The summed E-state index contributed by atoms with van der Waals surface area (Å²) in [7, 11) is 1.36. The summed E-state index contributed by atoms with van der Waals surface area (Å²) in [6.45, 7) is 0.796. The molecule has 2 atom stereocenters. The molecular formula is C21H22N2O4. The molecule has 1 aliphatic heterocycles. The van der Waals surface area contributed by atoms with Gasteiger partial charge in [-0.25, -0.2) is 4.79 Å². The van der Waals surface area contributed by atoms with Gasteiger partial charge in [0.15, 0.2) is 0 Å². The van der Waals surface area contributed by atoms with Crippen molar-refractivity contribution in [1.29, 1.82) is 0 Å². The van der Waals surface area contributed by atoms with Crippen LogP contribution in [0.4, 0.5) is 4.79 Å². The molecule has 2 aromatic carbocycles. The van der Waals surface area contributed by atoms with Gasteiger partial charge in [-0.1, -0.05) is 48.5 Å². The molecule has 0 radical (unpaired) electrons. The Morgan fingerprint density at radius 2 is 1.70 bits per heavy atom. The number of amides is 1. The minimum absolute atomic E-state index is 0.0349. The highest BCUT2D eigenvalue weighted by molar-refractivity contribution is 5.79. The number of nitrogens with one attached hydrogen (secondary N) is 2. The van der Waals surface area contributed by atoms with Gasteiger partial charge in [0.05, 0.1) is 7.11 Å². The lowest BCUT2D eigenvalue weighted by atomic mass is 9.98. The Morgan fingerprint density at radius 1 is 1.07 bits per heavy atom. The van der Waals surface area contributed by atoms with E-state index in [1.54, 1.807) is 0 Å². The molecule has 0 aromatic heterocycles. The second-order valence-electron chi connectivity index (χ2n) is 6.89. The Labute approximate surface area is 157 Å². The Hall–Kier alpha value is -2.86. The number of benzene rings is 2. The molecule has 0 spiro atoms. The summed E-state index contributed by atoms with van der Waals surface area (Å²) in [4.78, 5) is 23.8. The predicted octanol–water partition coefficient (Wildman–Crippen LogP) is 2.43. The van der Waals surface area contributed by atoms with Crippen molar-refractivity contribution in [3.63, 3.8) is 0 Å². The third kappa shape index (κ3) is 3.40. The van der Waals surface area contributed by atoms with Gasteiger partial charge in [0.1, 0.15) is 12.6 Å². The summed E-state index contributed by atoms with van der Waals surface area (Å²) in [5.41, 5.74) is 4.76. The number of ether oxygens (including phenoxy) is 2. The van der Waals surface area contributed by atoms with Gasteiger partial charge in [-0.15, -0.1) is 0 Å². The lowest BCUT2D eigenvalue weighted by molar-refractivity contribution is -0.142. The van der Waals surface area contributed by atoms with Gasteiger partial charge in [-0.3, -0.25) is 4.79 Å². The molecule has 2 aliphatic rings. The van der Waals surface area contributed by atoms with E-state index >= 15 is 0 Å². The fourth-order valence-electron chi connectivity index (χ4n) is 3.97. The van der Waals surface area contributed by atoms with Crippen LogP contribution in [0.25, 0.3) is 11.1 Å². The van der Waals surface area contributed by atoms with Crippen LogP contribution >= 0.6 is 0 Å². The van der Waals surface area contributed by atoms with Gasteiger partial charge in [0.25, 0.3) is 0 Å². The van der Waals surface area contributed by atoms with Crippen molar-refractivity contribution in [2.45, 2.75) is 24.4 Å². The highest BCUT2D eigenvalue weighted by Gasteiger charge is 2.32. The molecule has 4 rings (SSSR count). The Balaban J connectivity index is 1.38. The van der Waals surface area contributed by atoms with Gasteiger partial charge in [0, 0.05) is 18.5 Å². The molecule has 2 aromatic rings. The SMILES string of the molecule is COC(=O)[C@H]1C[C@@H](NC(=O)OCC2c3ccccc3-c3ccccc32)CN1. The van der Waals surface area contributed by atoms with Crippen LogP contribution in [0.5, 0.6) is 0 Å². The topological polar surface area (TPSA) is 76.7 Å². The van der Waals surface area contributed by atoms with E-state index in [-0.39, 0.29) is 30.6 Å². The van der Waals surface area contributed by atoms with Crippen LogP contribution in [0.1, 0.15) is 23.5 Å². The normalized spacial score (nSPS) is 20.6. The Kier molecular flexibility index (Phi) is 4.81. The van der Waals surface area contributed by atoms with Crippen LogP contribution in [0.15, 0.2) is 48.5 Å². The van der Waals surface area contributed by atoms with Crippen molar-refractivity contribution in [3.8, 4) is 11.1 Å². The van der Waals surface area contributed by atoms with Crippen LogP contribution in [-0.4, -0.2) is 44.4 Å². The summed E-state index contributed by atoms with van der Waals surface area (Å²) < 4.78 is 10.3. The zero-order valence-electron chi connectivity index (χ0n) is 15.1. The maximum atomic E-state index is 12.2. The number of alkyl carbamates (subject to hydrolysis) is 1. The molecule has 6 nitrogen and oxygen atoms in total. The first-order valence-electron chi connectivity index (χ1n) is 9.10. The van der Waals surface area contributed by atoms with Gasteiger partial charge in [-0.05, 0) is 28.7 Å². The molecule has 2 N–H and O–H groups in total. The maximum absolute atomic E-state index is 12.2. The van der Waals surface area contributed by atoms with Gasteiger partial charge >= 0.3 is 12.1 Å². The number of rotatable bonds is 4. The molecule has 1 fully saturated rings. The first kappa shape index (κ1) is 17.5. The van der Waals surface area contributed by atoms with E-state index in [0.717, 1.165) is 0 Å². The van der Waals surface area contributed by atoms with Crippen molar-refractivity contribution in [1.82, 2.24) is 10.6 Å². The lowest BCUT2D eigenvalue weighted by Gasteiger charge is -2.16. The smallest absolute Gasteiger partial charge is 0.407 e. The largest absolute Gasteiger partial charge is 0.468 e. The highest BCUT2D eigenvalue weighted by atomic mass is 16.5. The third-order valence-corrected chi connectivity index (χ3v) is 5.28. The van der Waals surface area contributed by atoms with Gasteiger partial charge in [0.2, 0.25) is 0 Å². The molecule has 0 bridgehead atoms. The van der Waals surface area contributed by atoms with Crippen molar-refractivity contribution in [3.05, 3.63) is 59.7 Å². The summed E-state index contributed by atoms with van der Waals surface area (Å²) in [6, 6.07) is 15.9. The van der Waals surface area contributed by atoms with E-state index in [4.69, 9.17) is 9.47 Å². The average Bonchev–Trinajstić information content (AvgIpc) is 3.28. The molecular weight excluding hydrogens is 344 g/mol. The van der Waals surface area contributed by atoms with Crippen LogP contribution in [-0.2, 0) is 14.3 Å². The van der Waals surface area contributed by atoms with E-state index in [2.05, 4.69) is 34.9 Å². The fourth-order valence-corrected chi connectivity index (χ4v) is 3.97. The quantitative estimate of drug-likeness (QED) is 0.813. The molecule has 140 valence electrons. The maximum Gasteiger partial charge on any atom is 0.407 e. The second kappa shape index (κ2) is 7.40. The summed E-state index contributed by atoms with van der Waals surface area (Å²) in [6.07, 6.45) is 0.0332. The number of carbonyl (C=O) groups excluding carboxylic acids is 2. The minimum atomic E-state index is -0.464. The van der Waals surface area contributed by atoms with Crippen LogP contribution < -0.4 is 10.6 Å². The number of hydrogen-bond acceptors (Lipinski definition) is 5. The highest BCUT2D eigenvalue weighted by Crippen LogP contribution is 2.44. The standard InChI is InChI=1S/C21H22N2O4/c1-26-20(24)19-10-13(11-22-19)23-21(25)27-12-18-16-8-4-2-6-14(16)15-7-3-5-9-17(15)18/h2-9,13,18-19,22H,10-12H2,1H3,(H,23,25)/t13-,19-/m1/s1. The number of methoxy groups -OCH3 is 1. The van der Waals surface area contributed by atoms with Crippen molar-refractivity contribution >= 4 is 12.1 Å². The molecule has 1 heterocycles. The summed E-state index contributed by atoms with van der Waals surface area (Å²) in [5.74, 6) is -0.278. The first-order chi connectivity index (χ1) is 13.2. The van der Waals surface area contributed by atoms with Gasteiger partial charge < -0.3 is 20.1 Å². The average molecular weight is 366 g/mol. The number of hydrogen-bond donors (Lipinski definition) is 2. The molecule has 0 saturated carbocycles. The fraction of sp³-hybridized carbons (Fsp3) is 0.333. The minimum Gasteiger partial charge on any atom is -0.468 e. The lowest BCUT2D eigenvalue weighted by Crippen LogP contribution is -2.37. The zero-order valence-corrected chi connectivity index (χ0v) is 15.1. The van der Waals surface area contributed by atoms with Crippen molar-refractivity contribution < 1.29 is 19.1 Å². The molecule has 6 heteroatoms. The van der Waals surface area contributed by atoms with Crippen molar-refractivity contribution in [2.24, 2.45) is 0 Å². The first-order valence-corrected chi connectivity index (χ1v) is 9.10. The van der Waals surface area contributed by atoms with Crippen LogP contribution in [0, 0.1) is 0 Å². The van der Waals surface area contributed by atoms with Gasteiger partial charge in [-0.2, -0.15) is 0 Å². The predicted molar refractivity (Wildman–Crippen MR) is 100 cm³/mol. The van der Waals surface area contributed by atoms with E-state index in [1.165, 1.54) is 29.4 Å². The molecule has 27 heavy (non-hydrogen) atoms. The van der Waals surface area contributed by atoms with E-state index in [1.807, 2.05) is 24.3 Å². The second-order valence-corrected chi connectivity index (χ2v) is 6.89. The molecule has 0 unspecified atom stereocenters. The number of esters is 1. The third-order valence-electron chi connectivity index (χ3n) is 5.28. The molecule has 1 aliphatic carbocycles. The van der Waals surface area contributed by atoms with Crippen molar-refractivity contribution in [2.75, 3.05) is 20.3 Å². The molecule has 1 amide bonds. The number of fused-ring (bicyclic) bond motifs is 3. The zero-order chi connectivity index (χ0) is 18.8.